The summed E-state index contributed by atoms with van der Waals surface area (Å²) in [4.78, 5) is 11.8. The van der Waals surface area contributed by atoms with E-state index in [1.54, 1.807) is 5.57 Å². The van der Waals surface area contributed by atoms with Gasteiger partial charge < -0.3 is 0 Å². The molecule has 4 rings (SSSR count). The van der Waals surface area contributed by atoms with Crippen LogP contribution in [0, 0.1) is 35.0 Å². The summed E-state index contributed by atoms with van der Waals surface area (Å²) >= 11 is 0. The molecule has 6 atom stereocenters. The van der Waals surface area contributed by atoms with Crippen molar-refractivity contribution >= 4 is 5.78 Å². The van der Waals surface area contributed by atoms with Crippen molar-refractivity contribution in [1.29, 1.82) is 0 Å². The number of carbonyl (C=O) groups excluding carboxylic acids is 1. The van der Waals surface area contributed by atoms with Crippen molar-refractivity contribution in [3.8, 4) is 0 Å². The smallest absolute Gasteiger partial charge is 0.133 e. The largest absolute Gasteiger partial charge is 0.300 e. The van der Waals surface area contributed by atoms with E-state index in [0.717, 1.165) is 42.4 Å². The van der Waals surface area contributed by atoms with Crippen molar-refractivity contribution in [3.63, 3.8) is 0 Å². The first-order valence-corrected chi connectivity index (χ1v) is 9.48. The Balaban J connectivity index is 1.57. The average Bonchev–Trinajstić information content (AvgIpc) is 2.84. The van der Waals surface area contributed by atoms with E-state index >= 15 is 0 Å². The van der Waals surface area contributed by atoms with Crippen LogP contribution in [0.2, 0.25) is 0 Å². The Bertz CT molecular complexity index is 528. The second kappa shape index (κ2) is 5.35. The van der Waals surface area contributed by atoms with Crippen LogP contribution in [0.25, 0.3) is 0 Å². The van der Waals surface area contributed by atoms with Crippen molar-refractivity contribution in [2.24, 2.45) is 35.0 Å². The highest BCUT2D eigenvalue weighted by molar-refractivity contribution is 5.79. The van der Waals surface area contributed by atoms with Crippen molar-refractivity contribution in [2.45, 2.75) is 65.2 Å². The zero-order valence-corrected chi connectivity index (χ0v) is 14.2. The Hall–Kier alpha value is -0.850. The molecule has 0 aromatic rings. The minimum absolute atomic E-state index is 0.436. The lowest BCUT2D eigenvalue weighted by Crippen LogP contribution is -2.48. The van der Waals surface area contributed by atoms with Crippen molar-refractivity contribution < 1.29 is 4.79 Å². The minimum atomic E-state index is 0.436. The molecule has 3 saturated carbocycles. The number of allylic oxidation sites excluding steroid dienone is 4. The SMILES string of the molecule is C/C=C/C1=CCC2C3CCC4CC(=O)CCC4C3CCC12C. The van der Waals surface area contributed by atoms with Crippen LogP contribution in [0.4, 0.5) is 0 Å². The standard InChI is InChI=1S/C21H30O/c1-3-4-15-6-10-20-19-8-5-14-13-16(22)7-9-17(14)18(19)11-12-21(15,20)2/h3-4,6,14,17-20H,5,7-13H2,1-2H3/b4-3+. The van der Waals surface area contributed by atoms with Gasteiger partial charge in [0.25, 0.3) is 0 Å². The second-order valence-corrected chi connectivity index (χ2v) is 8.57. The number of hydrogen-bond acceptors (Lipinski definition) is 1. The van der Waals surface area contributed by atoms with E-state index in [4.69, 9.17) is 0 Å². The molecule has 4 aliphatic carbocycles. The molecule has 0 N–H and O–H groups in total. The number of Topliss-reactive ketones (excluding diaryl/α,β-unsaturated/α-hetero) is 1. The molecule has 0 bridgehead atoms. The molecule has 0 radical (unpaired) electrons. The molecule has 1 nitrogen and oxygen atoms in total. The van der Waals surface area contributed by atoms with Gasteiger partial charge in [0.05, 0.1) is 0 Å². The fourth-order valence-corrected chi connectivity index (χ4v) is 6.70. The van der Waals surface area contributed by atoms with Gasteiger partial charge in [-0.25, -0.2) is 0 Å². The van der Waals surface area contributed by atoms with Crippen LogP contribution in [0.15, 0.2) is 23.8 Å². The maximum atomic E-state index is 11.8. The number of ketones is 1. The number of fused-ring (bicyclic) bond motifs is 5. The van der Waals surface area contributed by atoms with Crippen LogP contribution in [0.1, 0.15) is 65.2 Å². The fraction of sp³-hybridized carbons (Fsp3) is 0.762. The quantitative estimate of drug-likeness (QED) is 0.640. The maximum absolute atomic E-state index is 11.8. The maximum Gasteiger partial charge on any atom is 0.133 e. The third-order valence-electron chi connectivity index (χ3n) is 7.75. The molecule has 3 fully saturated rings. The predicted octanol–water partition coefficient (Wildman–Crippen LogP) is 5.32. The Morgan fingerprint density at radius 2 is 2.00 bits per heavy atom. The van der Waals surface area contributed by atoms with E-state index in [9.17, 15) is 4.79 Å². The summed E-state index contributed by atoms with van der Waals surface area (Å²) in [5.74, 6) is 4.85. The van der Waals surface area contributed by atoms with Gasteiger partial charge in [-0.2, -0.15) is 0 Å². The lowest BCUT2D eigenvalue weighted by molar-refractivity contribution is -0.126. The minimum Gasteiger partial charge on any atom is -0.300 e. The van der Waals surface area contributed by atoms with Gasteiger partial charge in [0.2, 0.25) is 0 Å². The normalized spacial score (nSPS) is 47.8. The van der Waals surface area contributed by atoms with Gasteiger partial charge in [-0.15, -0.1) is 0 Å². The topological polar surface area (TPSA) is 17.1 Å². The van der Waals surface area contributed by atoms with E-state index < -0.39 is 0 Å². The van der Waals surface area contributed by atoms with Gasteiger partial charge in [0, 0.05) is 12.8 Å². The molecule has 0 saturated heterocycles. The molecule has 120 valence electrons. The number of hydrogen-bond donors (Lipinski definition) is 0. The second-order valence-electron chi connectivity index (χ2n) is 8.57. The van der Waals surface area contributed by atoms with Crippen LogP contribution in [-0.2, 0) is 4.79 Å². The van der Waals surface area contributed by atoms with Gasteiger partial charge in [0.1, 0.15) is 5.78 Å². The molecule has 22 heavy (non-hydrogen) atoms. The lowest BCUT2D eigenvalue weighted by Gasteiger charge is -2.55. The zero-order valence-electron chi connectivity index (χ0n) is 14.2. The van der Waals surface area contributed by atoms with E-state index in [0.29, 0.717) is 11.2 Å². The molecule has 0 aromatic carbocycles. The van der Waals surface area contributed by atoms with Gasteiger partial charge in [0.15, 0.2) is 0 Å². The Morgan fingerprint density at radius 3 is 2.82 bits per heavy atom. The van der Waals surface area contributed by atoms with Gasteiger partial charge in [-0.05, 0) is 86.0 Å². The summed E-state index contributed by atoms with van der Waals surface area (Å²) in [7, 11) is 0. The molecule has 0 spiro atoms. The van der Waals surface area contributed by atoms with Crippen molar-refractivity contribution in [2.75, 3.05) is 0 Å². The van der Waals surface area contributed by atoms with E-state index in [1.165, 1.54) is 38.5 Å². The molecular formula is C21H30O. The summed E-state index contributed by atoms with van der Waals surface area (Å²) in [5.41, 5.74) is 2.05. The first kappa shape index (κ1) is 14.7. The van der Waals surface area contributed by atoms with E-state index in [-0.39, 0.29) is 0 Å². The van der Waals surface area contributed by atoms with Crippen LogP contribution in [-0.4, -0.2) is 5.78 Å². The summed E-state index contributed by atoms with van der Waals surface area (Å²) in [6, 6.07) is 0. The lowest BCUT2D eigenvalue weighted by atomic mass is 9.50. The Kier molecular flexibility index (Phi) is 3.58. The van der Waals surface area contributed by atoms with Gasteiger partial charge in [-0.1, -0.05) is 25.2 Å². The highest BCUT2D eigenvalue weighted by Gasteiger charge is 2.54. The molecule has 6 unspecified atom stereocenters. The van der Waals surface area contributed by atoms with Crippen LogP contribution in [0.5, 0.6) is 0 Å². The van der Waals surface area contributed by atoms with E-state index in [1.807, 2.05) is 0 Å². The Morgan fingerprint density at radius 1 is 1.14 bits per heavy atom. The molecular weight excluding hydrogens is 268 g/mol. The average molecular weight is 298 g/mol. The Labute approximate surface area is 135 Å². The molecule has 0 amide bonds. The predicted molar refractivity (Wildman–Crippen MR) is 90.4 cm³/mol. The third kappa shape index (κ3) is 2.07. The molecule has 0 aliphatic heterocycles. The molecule has 4 aliphatic rings. The summed E-state index contributed by atoms with van der Waals surface area (Å²) < 4.78 is 0. The summed E-state index contributed by atoms with van der Waals surface area (Å²) in [6.07, 6.45) is 16.9. The summed E-state index contributed by atoms with van der Waals surface area (Å²) in [5, 5.41) is 0. The van der Waals surface area contributed by atoms with Crippen LogP contribution in [0.3, 0.4) is 0 Å². The fourth-order valence-electron chi connectivity index (χ4n) is 6.70. The zero-order chi connectivity index (χ0) is 15.3. The van der Waals surface area contributed by atoms with E-state index in [2.05, 4.69) is 32.1 Å². The first-order valence-electron chi connectivity index (χ1n) is 9.48. The molecule has 0 aromatic heterocycles. The van der Waals surface area contributed by atoms with Crippen LogP contribution >= 0.6 is 0 Å². The van der Waals surface area contributed by atoms with Crippen molar-refractivity contribution in [1.82, 2.24) is 0 Å². The third-order valence-corrected chi connectivity index (χ3v) is 7.75. The first-order chi connectivity index (χ1) is 10.6. The van der Waals surface area contributed by atoms with Crippen LogP contribution < -0.4 is 0 Å². The highest BCUT2D eigenvalue weighted by Crippen LogP contribution is 2.62. The van der Waals surface area contributed by atoms with Gasteiger partial charge in [-0.3, -0.25) is 4.79 Å². The monoisotopic (exact) mass is 298 g/mol. The van der Waals surface area contributed by atoms with Gasteiger partial charge >= 0.3 is 0 Å². The highest BCUT2D eigenvalue weighted by atomic mass is 16.1. The molecule has 1 heteroatoms. The number of rotatable bonds is 1. The molecule has 0 heterocycles. The summed E-state index contributed by atoms with van der Waals surface area (Å²) in [6.45, 7) is 4.68. The van der Waals surface area contributed by atoms with Crippen molar-refractivity contribution in [3.05, 3.63) is 23.8 Å². The number of carbonyl (C=O) groups is 1.